The molecule has 2 aromatic carbocycles. The van der Waals surface area contributed by atoms with E-state index in [9.17, 15) is 4.79 Å². The molecule has 0 unspecified atom stereocenters. The maximum atomic E-state index is 13.2. The molecule has 0 N–H and O–H groups in total. The van der Waals surface area contributed by atoms with Crippen LogP contribution in [0.5, 0.6) is 0 Å². The molecule has 0 saturated carbocycles. The second kappa shape index (κ2) is 6.11. The Bertz CT molecular complexity index is 935. The maximum absolute atomic E-state index is 13.2. The fraction of sp³-hybridized carbons (Fsp3) is 0.105. The number of rotatable bonds is 1. The summed E-state index contributed by atoms with van der Waals surface area (Å²) in [6, 6.07) is 17.4. The number of halogens is 2. The lowest BCUT2D eigenvalue weighted by atomic mass is 10.1. The average molecular weight is 402 g/mol. The third-order valence-corrected chi connectivity index (χ3v) is 5.08. The van der Waals surface area contributed by atoms with E-state index in [4.69, 9.17) is 11.6 Å². The molecule has 2 heterocycles. The Hall–Kier alpha value is -2.04. The summed E-state index contributed by atoms with van der Waals surface area (Å²) < 4.78 is 3.03. The Labute approximate surface area is 153 Å². The highest BCUT2D eigenvalue weighted by Gasteiger charge is 2.25. The molecule has 0 bridgehead atoms. The van der Waals surface area contributed by atoms with Crippen LogP contribution in [0, 0.1) is 0 Å². The predicted octanol–water partition coefficient (Wildman–Crippen LogP) is 5.11. The van der Waals surface area contributed by atoms with E-state index in [0.29, 0.717) is 17.1 Å². The van der Waals surface area contributed by atoms with Crippen LogP contribution >= 0.6 is 27.5 Å². The van der Waals surface area contributed by atoms with Gasteiger partial charge in [-0.3, -0.25) is 4.79 Å². The minimum absolute atomic E-state index is 0.0883. The lowest BCUT2D eigenvalue weighted by molar-refractivity contribution is 0.0985. The lowest BCUT2D eigenvalue weighted by Crippen LogP contribution is -2.30. The number of hydrogen-bond donors (Lipinski definition) is 0. The van der Waals surface area contributed by atoms with Crippen molar-refractivity contribution in [1.29, 1.82) is 0 Å². The summed E-state index contributed by atoms with van der Waals surface area (Å²) in [6.45, 7) is 1.28. The smallest absolute Gasteiger partial charge is 0.260 e. The summed E-state index contributed by atoms with van der Waals surface area (Å²) in [6.07, 6.45) is 2.05. The van der Waals surface area contributed by atoms with Crippen molar-refractivity contribution in [2.45, 2.75) is 13.1 Å². The largest absolute Gasteiger partial charge is 0.345 e. The second-order valence-electron chi connectivity index (χ2n) is 5.77. The molecule has 0 spiro atoms. The highest BCUT2D eigenvalue weighted by Crippen LogP contribution is 2.31. The predicted molar refractivity (Wildman–Crippen MR) is 99.6 cm³/mol. The van der Waals surface area contributed by atoms with Crippen LogP contribution in [0.1, 0.15) is 21.6 Å². The molecule has 3 nitrogen and oxygen atoms in total. The number of amides is 1. The highest BCUT2D eigenvalue weighted by molar-refractivity contribution is 9.10. The van der Waals surface area contributed by atoms with Crippen molar-refractivity contribution < 1.29 is 4.79 Å². The number of carbonyl (C=O) groups is 1. The first-order chi connectivity index (χ1) is 11.6. The van der Waals surface area contributed by atoms with E-state index in [1.54, 1.807) is 12.1 Å². The van der Waals surface area contributed by atoms with Crippen molar-refractivity contribution in [3.05, 3.63) is 87.1 Å². The van der Waals surface area contributed by atoms with Gasteiger partial charge in [0.05, 0.1) is 17.1 Å². The monoisotopic (exact) mass is 400 g/mol. The number of hydrogen-bond acceptors (Lipinski definition) is 1. The summed E-state index contributed by atoms with van der Waals surface area (Å²) in [5, 5.41) is 0.450. The van der Waals surface area contributed by atoms with Crippen LogP contribution in [0.15, 0.2) is 65.3 Å². The van der Waals surface area contributed by atoms with Gasteiger partial charge in [0.25, 0.3) is 5.91 Å². The molecule has 120 valence electrons. The number of anilines is 1. The van der Waals surface area contributed by atoms with Crippen molar-refractivity contribution in [2.24, 2.45) is 0 Å². The highest BCUT2D eigenvalue weighted by atomic mass is 79.9. The number of fused-ring (bicyclic) bond motifs is 2. The van der Waals surface area contributed by atoms with Gasteiger partial charge in [0.1, 0.15) is 0 Å². The Kier molecular flexibility index (Phi) is 3.94. The van der Waals surface area contributed by atoms with E-state index in [1.807, 2.05) is 41.4 Å². The average Bonchev–Trinajstić information content (AvgIpc) is 2.93. The van der Waals surface area contributed by atoms with E-state index in [-0.39, 0.29) is 5.91 Å². The van der Waals surface area contributed by atoms with Crippen molar-refractivity contribution in [3.8, 4) is 0 Å². The van der Waals surface area contributed by atoms with Crippen LogP contribution in [0.2, 0.25) is 5.02 Å². The van der Waals surface area contributed by atoms with Crippen LogP contribution in [-0.2, 0) is 13.1 Å². The molecule has 5 heteroatoms. The molecule has 0 atom stereocenters. The van der Waals surface area contributed by atoms with E-state index >= 15 is 0 Å². The molecule has 3 aromatic rings. The third kappa shape index (κ3) is 2.66. The fourth-order valence-electron chi connectivity index (χ4n) is 3.08. The first kappa shape index (κ1) is 15.5. The molecule has 0 saturated heterocycles. The second-order valence-corrected chi connectivity index (χ2v) is 7.09. The molecular weight excluding hydrogens is 388 g/mol. The first-order valence-corrected chi connectivity index (χ1v) is 8.79. The molecule has 4 rings (SSSR count). The summed E-state index contributed by atoms with van der Waals surface area (Å²) >= 11 is 9.69. The summed E-state index contributed by atoms with van der Waals surface area (Å²) in [7, 11) is 0. The van der Waals surface area contributed by atoms with Gasteiger partial charge in [-0.25, -0.2) is 0 Å². The molecule has 1 aromatic heterocycles. The number of aromatic nitrogens is 1. The molecule has 24 heavy (non-hydrogen) atoms. The zero-order valence-corrected chi connectivity index (χ0v) is 15.1. The zero-order valence-electron chi connectivity index (χ0n) is 12.7. The molecule has 1 amide bonds. The maximum Gasteiger partial charge on any atom is 0.260 e. The Morgan fingerprint density at radius 3 is 2.71 bits per heavy atom. The van der Waals surface area contributed by atoms with Gasteiger partial charge >= 0.3 is 0 Å². The SMILES string of the molecule is O=C(c1ccc(Br)cc1Cl)N1Cc2cccn2Cc2ccccc21. The van der Waals surface area contributed by atoms with E-state index in [2.05, 4.69) is 32.6 Å². The lowest BCUT2D eigenvalue weighted by Gasteiger charge is -2.23. The van der Waals surface area contributed by atoms with Gasteiger partial charge in [0, 0.05) is 28.6 Å². The van der Waals surface area contributed by atoms with Gasteiger partial charge in [-0.15, -0.1) is 0 Å². The quantitative estimate of drug-likeness (QED) is 0.556. The van der Waals surface area contributed by atoms with Crippen LogP contribution < -0.4 is 4.90 Å². The minimum Gasteiger partial charge on any atom is -0.345 e. The number of nitrogens with zero attached hydrogens (tertiary/aromatic N) is 2. The van der Waals surface area contributed by atoms with Crippen molar-refractivity contribution >= 4 is 39.1 Å². The van der Waals surface area contributed by atoms with E-state index in [1.165, 1.54) is 0 Å². The zero-order chi connectivity index (χ0) is 16.7. The summed E-state index contributed by atoms with van der Waals surface area (Å²) in [4.78, 5) is 15.0. The van der Waals surface area contributed by atoms with Gasteiger partial charge in [-0.1, -0.05) is 45.7 Å². The standard InChI is InChI=1S/C19H14BrClN2O/c20-14-7-8-16(17(21)10-14)19(24)23-12-15-5-3-9-22(15)11-13-4-1-2-6-18(13)23/h1-10H,11-12H2. The number of carbonyl (C=O) groups excluding carboxylic acids is 1. The van der Waals surface area contributed by atoms with Gasteiger partial charge in [-0.05, 0) is 42.0 Å². The molecule has 1 aliphatic heterocycles. The van der Waals surface area contributed by atoms with Crippen LogP contribution in [0.25, 0.3) is 0 Å². The van der Waals surface area contributed by atoms with Crippen molar-refractivity contribution in [2.75, 3.05) is 4.90 Å². The van der Waals surface area contributed by atoms with Crippen molar-refractivity contribution in [3.63, 3.8) is 0 Å². The van der Waals surface area contributed by atoms with E-state index in [0.717, 1.165) is 28.0 Å². The molecule has 1 aliphatic rings. The Balaban J connectivity index is 1.83. The Morgan fingerprint density at radius 2 is 1.88 bits per heavy atom. The molecule has 0 aliphatic carbocycles. The summed E-state index contributed by atoms with van der Waals surface area (Å²) in [5.74, 6) is -0.0883. The van der Waals surface area contributed by atoms with Gasteiger partial charge in [0.15, 0.2) is 0 Å². The van der Waals surface area contributed by atoms with Gasteiger partial charge in [-0.2, -0.15) is 0 Å². The first-order valence-electron chi connectivity index (χ1n) is 7.62. The summed E-state index contributed by atoms with van der Waals surface area (Å²) in [5.41, 5.74) is 3.67. The fourth-order valence-corrected chi connectivity index (χ4v) is 3.83. The van der Waals surface area contributed by atoms with E-state index < -0.39 is 0 Å². The van der Waals surface area contributed by atoms with Crippen LogP contribution in [0.4, 0.5) is 5.69 Å². The molecular formula is C19H14BrClN2O. The van der Waals surface area contributed by atoms with Crippen molar-refractivity contribution in [1.82, 2.24) is 4.57 Å². The minimum atomic E-state index is -0.0883. The van der Waals surface area contributed by atoms with Gasteiger partial charge in [0.2, 0.25) is 0 Å². The third-order valence-electron chi connectivity index (χ3n) is 4.27. The molecule has 0 fully saturated rings. The van der Waals surface area contributed by atoms with Gasteiger partial charge < -0.3 is 9.47 Å². The Morgan fingerprint density at radius 1 is 1.04 bits per heavy atom. The molecule has 0 radical (unpaired) electrons. The normalized spacial score (nSPS) is 13.2. The van der Waals surface area contributed by atoms with Crippen LogP contribution in [0.3, 0.4) is 0 Å². The van der Waals surface area contributed by atoms with Crippen LogP contribution in [-0.4, -0.2) is 10.5 Å². The number of para-hydroxylation sites is 1. The topological polar surface area (TPSA) is 25.2 Å². The number of benzene rings is 2.